The third-order valence-electron chi connectivity index (χ3n) is 1.07. The van der Waals surface area contributed by atoms with Gasteiger partial charge >= 0.3 is 0 Å². The van der Waals surface area contributed by atoms with Crippen molar-refractivity contribution in [2.75, 3.05) is 0 Å². The fourth-order valence-corrected chi connectivity index (χ4v) is 0.833. The summed E-state index contributed by atoms with van der Waals surface area (Å²) in [7, 11) is 0. The second-order valence-corrected chi connectivity index (χ2v) is 2.56. The molecule has 0 aliphatic carbocycles. The van der Waals surface area contributed by atoms with Gasteiger partial charge in [-0.25, -0.2) is 0 Å². The van der Waals surface area contributed by atoms with E-state index in [9.17, 15) is 4.79 Å². The highest BCUT2D eigenvalue weighted by atomic mass is 35.5. The first kappa shape index (κ1) is 10.8. The van der Waals surface area contributed by atoms with E-state index >= 15 is 0 Å². The van der Waals surface area contributed by atoms with Gasteiger partial charge in [-0.05, 0) is 35.9 Å². The Labute approximate surface area is 80.7 Å². The number of hydrogen-bond donors (Lipinski definition) is 0. The summed E-state index contributed by atoms with van der Waals surface area (Å²) in [6, 6.07) is 6.41. The van der Waals surface area contributed by atoms with E-state index in [1.165, 1.54) is 0 Å². The van der Waals surface area contributed by atoms with E-state index in [1.807, 2.05) is 0 Å². The van der Waals surface area contributed by atoms with Gasteiger partial charge in [0.15, 0.2) is 0 Å². The van der Waals surface area contributed by atoms with Gasteiger partial charge in [0.1, 0.15) is 0 Å². The van der Waals surface area contributed by atoms with Gasteiger partial charge in [-0.1, -0.05) is 11.6 Å². The molecule has 0 aliphatic heterocycles. The number of benzene rings is 1. The van der Waals surface area contributed by atoms with E-state index in [-0.39, 0.29) is 12.4 Å². The average Bonchev–Trinajstić information content (AvgIpc) is 1.88. The van der Waals surface area contributed by atoms with Crippen LogP contribution in [0.15, 0.2) is 24.3 Å². The van der Waals surface area contributed by atoms with Gasteiger partial charge in [0.2, 0.25) is 0 Å². The molecule has 1 aromatic rings. The molecule has 11 heavy (non-hydrogen) atoms. The summed E-state index contributed by atoms with van der Waals surface area (Å²) in [5.74, 6) is 0. The minimum Gasteiger partial charge on any atom is -0.276 e. The molecule has 1 aromatic carbocycles. The zero-order valence-electron chi connectivity index (χ0n) is 5.38. The first-order chi connectivity index (χ1) is 4.70. The van der Waals surface area contributed by atoms with Crippen LogP contribution in [0, 0.1) is 0 Å². The molecule has 0 amide bonds. The van der Waals surface area contributed by atoms with Gasteiger partial charge < -0.3 is 0 Å². The monoisotopic (exact) mass is 210 g/mol. The lowest BCUT2D eigenvalue weighted by atomic mass is 10.2. The molecule has 0 saturated heterocycles. The van der Waals surface area contributed by atoms with E-state index in [1.54, 1.807) is 24.3 Å². The third-order valence-corrected chi connectivity index (χ3v) is 1.54. The van der Waals surface area contributed by atoms with Gasteiger partial charge in [0, 0.05) is 10.6 Å². The maximum Gasteiger partial charge on any atom is 0.252 e. The second kappa shape index (κ2) is 4.60. The molecule has 0 aromatic heterocycles. The lowest BCUT2D eigenvalue weighted by molar-refractivity contribution is 0.108. The molecule has 0 aliphatic rings. The van der Waals surface area contributed by atoms with Crippen LogP contribution in [0.1, 0.15) is 10.4 Å². The van der Waals surface area contributed by atoms with Crippen molar-refractivity contribution in [1.82, 2.24) is 0 Å². The Morgan fingerprint density at radius 3 is 2.00 bits per heavy atom. The molecule has 4 heteroatoms. The fraction of sp³-hybridized carbons (Fsp3) is 0. The Balaban J connectivity index is 0.000001000. The molecule has 1 nitrogen and oxygen atoms in total. The SMILES string of the molecule is Cl.O=C(Cl)c1ccc(Cl)cc1. The highest BCUT2D eigenvalue weighted by Gasteiger charge is 1.98. The van der Waals surface area contributed by atoms with Crippen molar-refractivity contribution in [3.8, 4) is 0 Å². The van der Waals surface area contributed by atoms with Crippen molar-refractivity contribution in [2.45, 2.75) is 0 Å². The predicted molar refractivity (Wildman–Crippen MR) is 48.9 cm³/mol. The number of halogens is 3. The van der Waals surface area contributed by atoms with Crippen molar-refractivity contribution < 1.29 is 4.79 Å². The number of rotatable bonds is 1. The minimum atomic E-state index is -0.461. The highest BCUT2D eigenvalue weighted by molar-refractivity contribution is 6.67. The van der Waals surface area contributed by atoms with E-state index in [4.69, 9.17) is 23.2 Å². The molecule has 0 radical (unpaired) electrons. The smallest absolute Gasteiger partial charge is 0.252 e. The first-order valence-corrected chi connectivity index (χ1v) is 3.41. The van der Waals surface area contributed by atoms with E-state index < -0.39 is 5.24 Å². The van der Waals surface area contributed by atoms with Gasteiger partial charge in [-0.15, -0.1) is 12.4 Å². The van der Waals surface area contributed by atoms with Gasteiger partial charge in [0.05, 0.1) is 0 Å². The average molecular weight is 211 g/mol. The van der Waals surface area contributed by atoms with Crippen LogP contribution in [0.3, 0.4) is 0 Å². The van der Waals surface area contributed by atoms with Gasteiger partial charge in [0.25, 0.3) is 5.24 Å². The molecular formula is C7H5Cl3O. The fourth-order valence-electron chi connectivity index (χ4n) is 0.581. The molecule has 0 bridgehead atoms. The summed E-state index contributed by atoms with van der Waals surface area (Å²) >= 11 is 10.7. The maximum atomic E-state index is 10.5. The van der Waals surface area contributed by atoms with Crippen molar-refractivity contribution >= 4 is 40.9 Å². The molecule has 0 heterocycles. The molecule has 0 unspecified atom stereocenters. The van der Waals surface area contributed by atoms with Crippen LogP contribution < -0.4 is 0 Å². The van der Waals surface area contributed by atoms with E-state index in [0.29, 0.717) is 10.6 Å². The first-order valence-electron chi connectivity index (χ1n) is 2.65. The lowest BCUT2D eigenvalue weighted by Gasteiger charge is -1.91. The minimum absolute atomic E-state index is 0. The Morgan fingerprint density at radius 1 is 1.18 bits per heavy atom. The van der Waals surface area contributed by atoms with Crippen molar-refractivity contribution in [3.05, 3.63) is 34.9 Å². The molecule has 0 spiro atoms. The summed E-state index contributed by atoms with van der Waals surface area (Å²) in [5, 5.41) is 0.137. The van der Waals surface area contributed by atoms with Gasteiger partial charge in [-0.2, -0.15) is 0 Å². The van der Waals surface area contributed by atoms with Crippen molar-refractivity contribution in [2.24, 2.45) is 0 Å². The maximum absolute atomic E-state index is 10.5. The highest BCUT2D eigenvalue weighted by Crippen LogP contribution is 2.10. The second-order valence-electron chi connectivity index (χ2n) is 1.78. The van der Waals surface area contributed by atoms with Crippen molar-refractivity contribution in [3.63, 3.8) is 0 Å². The molecule has 0 N–H and O–H groups in total. The third kappa shape index (κ3) is 3.10. The number of hydrogen-bond acceptors (Lipinski definition) is 1. The van der Waals surface area contributed by atoms with Crippen LogP contribution in [0.4, 0.5) is 0 Å². The molecule has 0 saturated carbocycles. The van der Waals surface area contributed by atoms with Gasteiger partial charge in [-0.3, -0.25) is 4.79 Å². The van der Waals surface area contributed by atoms with Crippen LogP contribution in [0.2, 0.25) is 5.02 Å². The summed E-state index contributed by atoms with van der Waals surface area (Å²) in [6.07, 6.45) is 0. The largest absolute Gasteiger partial charge is 0.276 e. The molecule has 1 rings (SSSR count). The molecular weight excluding hydrogens is 206 g/mol. The summed E-state index contributed by atoms with van der Waals surface area (Å²) in [4.78, 5) is 10.5. The van der Waals surface area contributed by atoms with Crippen molar-refractivity contribution in [1.29, 1.82) is 0 Å². The van der Waals surface area contributed by atoms with Crippen LogP contribution >= 0.6 is 35.6 Å². The molecule has 60 valence electrons. The normalized spacial score (nSPS) is 8.55. The van der Waals surface area contributed by atoms with Crippen LogP contribution in [-0.2, 0) is 0 Å². The summed E-state index contributed by atoms with van der Waals surface area (Å²) < 4.78 is 0. The predicted octanol–water partition coefficient (Wildman–Crippen LogP) is 3.14. The topological polar surface area (TPSA) is 17.1 Å². The van der Waals surface area contributed by atoms with Crippen LogP contribution in [0.25, 0.3) is 0 Å². The summed E-state index contributed by atoms with van der Waals surface area (Å²) in [5.41, 5.74) is 0.464. The zero-order valence-corrected chi connectivity index (χ0v) is 7.71. The zero-order chi connectivity index (χ0) is 7.56. The molecule has 0 fully saturated rings. The summed E-state index contributed by atoms with van der Waals surface area (Å²) in [6.45, 7) is 0. The Bertz CT molecular complexity index is 242. The number of carbonyl (C=O) groups excluding carboxylic acids is 1. The Kier molecular flexibility index (Phi) is 4.50. The van der Waals surface area contributed by atoms with E-state index in [2.05, 4.69) is 0 Å². The standard InChI is InChI=1S/C7H4Cl2O.ClH/c8-6-3-1-5(2-4-6)7(9)10;/h1-4H;1H. The van der Waals surface area contributed by atoms with Crippen LogP contribution in [0.5, 0.6) is 0 Å². The van der Waals surface area contributed by atoms with E-state index in [0.717, 1.165) is 0 Å². The van der Waals surface area contributed by atoms with Crippen LogP contribution in [-0.4, -0.2) is 5.24 Å². The molecule has 0 atom stereocenters. The Morgan fingerprint density at radius 2 is 1.64 bits per heavy atom. The lowest BCUT2D eigenvalue weighted by Crippen LogP contribution is -1.85. The Hall–Kier alpha value is -0.240. The number of carbonyl (C=O) groups is 1. The quantitative estimate of drug-likeness (QED) is 0.652.